The third kappa shape index (κ3) is 1.97. The molecule has 22 heavy (non-hydrogen) atoms. The Balaban J connectivity index is 1.62. The molecule has 2 bridgehead atoms. The average Bonchev–Trinajstić information content (AvgIpc) is 3.19. The van der Waals surface area contributed by atoms with Crippen LogP contribution in [-0.4, -0.2) is 20.5 Å². The Bertz CT molecular complexity index is 712. The Morgan fingerprint density at radius 3 is 2.77 bits per heavy atom. The molecule has 1 aromatic rings. The molecule has 1 aromatic heterocycles. The number of thioether (sulfide) groups is 1. The maximum atomic E-state index is 12.3. The summed E-state index contributed by atoms with van der Waals surface area (Å²) in [6, 6.07) is 0. The molecule has 1 heterocycles. The fraction of sp³-hybridized carbons (Fsp3) is 0.800. The summed E-state index contributed by atoms with van der Waals surface area (Å²) in [5.74, 6) is 9.46. The van der Waals surface area contributed by atoms with Crippen molar-refractivity contribution in [3.63, 3.8) is 0 Å². The standard InChI is InChI=1S/C15H22N4O2S/c1-22-14-17-13(20)18(15(21)19(14)16)7-9-5-8-6-12(9)11-4-2-3-10(8)11/h8-12H,2-7,16H2,1H3. The zero-order chi connectivity index (χ0) is 15.4. The van der Waals surface area contributed by atoms with E-state index in [0.29, 0.717) is 18.4 Å². The zero-order valence-corrected chi connectivity index (χ0v) is 13.6. The molecule has 0 saturated heterocycles. The Morgan fingerprint density at radius 1 is 1.23 bits per heavy atom. The second-order valence-corrected chi connectivity index (χ2v) is 7.83. The van der Waals surface area contributed by atoms with E-state index >= 15 is 0 Å². The number of nitrogens with two attached hydrogens (primary N) is 1. The number of fused-ring (bicyclic) bond motifs is 5. The van der Waals surface area contributed by atoms with E-state index < -0.39 is 11.4 Å². The van der Waals surface area contributed by atoms with Crippen molar-refractivity contribution in [3.8, 4) is 0 Å². The molecule has 5 atom stereocenters. The van der Waals surface area contributed by atoms with Crippen LogP contribution in [0.15, 0.2) is 14.7 Å². The van der Waals surface area contributed by atoms with Crippen LogP contribution in [0.5, 0.6) is 0 Å². The van der Waals surface area contributed by atoms with E-state index in [0.717, 1.165) is 28.9 Å². The van der Waals surface area contributed by atoms with Gasteiger partial charge in [0, 0.05) is 6.54 Å². The van der Waals surface area contributed by atoms with Gasteiger partial charge in [0.2, 0.25) is 0 Å². The summed E-state index contributed by atoms with van der Waals surface area (Å²) in [6.45, 7) is 0.487. The average molecular weight is 322 g/mol. The lowest BCUT2D eigenvalue weighted by Crippen LogP contribution is -2.47. The van der Waals surface area contributed by atoms with Gasteiger partial charge in [0.1, 0.15) is 0 Å². The number of hydrogen-bond acceptors (Lipinski definition) is 5. The highest BCUT2D eigenvalue weighted by Crippen LogP contribution is 2.61. The fourth-order valence-corrected chi connectivity index (χ4v) is 5.89. The molecule has 0 aromatic carbocycles. The van der Waals surface area contributed by atoms with Crippen LogP contribution in [0, 0.1) is 29.6 Å². The van der Waals surface area contributed by atoms with Crippen molar-refractivity contribution < 1.29 is 0 Å². The van der Waals surface area contributed by atoms with Crippen LogP contribution in [0.3, 0.4) is 0 Å². The van der Waals surface area contributed by atoms with Crippen molar-refractivity contribution >= 4 is 11.8 Å². The second kappa shape index (κ2) is 5.15. The molecule has 6 nitrogen and oxygen atoms in total. The predicted octanol–water partition coefficient (Wildman–Crippen LogP) is 0.913. The predicted molar refractivity (Wildman–Crippen MR) is 85.2 cm³/mol. The first-order chi connectivity index (χ1) is 10.6. The van der Waals surface area contributed by atoms with E-state index in [1.807, 2.05) is 0 Å². The molecule has 3 fully saturated rings. The number of nitrogens with zero attached hydrogens (tertiary/aromatic N) is 3. The summed E-state index contributed by atoms with van der Waals surface area (Å²) in [5, 5.41) is 0.273. The molecular weight excluding hydrogens is 300 g/mol. The number of nitrogen functional groups attached to an aromatic ring is 1. The van der Waals surface area contributed by atoms with Gasteiger partial charge >= 0.3 is 11.4 Å². The van der Waals surface area contributed by atoms with Crippen LogP contribution in [0.25, 0.3) is 0 Å². The summed E-state index contributed by atoms with van der Waals surface area (Å²) >= 11 is 1.21. The highest BCUT2D eigenvalue weighted by molar-refractivity contribution is 7.98. The Labute approximate surface area is 133 Å². The highest BCUT2D eigenvalue weighted by atomic mass is 32.2. The van der Waals surface area contributed by atoms with Gasteiger partial charge in [-0.15, -0.1) is 0 Å². The molecule has 0 aliphatic heterocycles. The fourth-order valence-electron chi connectivity index (χ4n) is 5.44. The van der Waals surface area contributed by atoms with Gasteiger partial charge in [-0.05, 0) is 61.5 Å². The van der Waals surface area contributed by atoms with Crippen LogP contribution in [0.1, 0.15) is 32.1 Å². The Hall–Kier alpha value is -1.24. The molecule has 3 aliphatic carbocycles. The van der Waals surface area contributed by atoms with Gasteiger partial charge in [0.05, 0.1) is 0 Å². The third-order valence-corrected chi connectivity index (χ3v) is 6.88. The van der Waals surface area contributed by atoms with Crippen molar-refractivity contribution in [2.45, 2.75) is 43.8 Å². The summed E-state index contributed by atoms with van der Waals surface area (Å²) in [6.07, 6.45) is 8.29. The van der Waals surface area contributed by atoms with Gasteiger partial charge < -0.3 is 5.84 Å². The topological polar surface area (TPSA) is 82.9 Å². The van der Waals surface area contributed by atoms with E-state index in [1.54, 1.807) is 6.26 Å². The second-order valence-electron chi connectivity index (χ2n) is 7.06. The van der Waals surface area contributed by atoms with Crippen molar-refractivity contribution in [2.24, 2.45) is 29.6 Å². The summed E-state index contributed by atoms with van der Waals surface area (Å²) in [7, 11) is 0. The van der Waals surface area contributed by atoms with Gasteiger partial charge in [-0.25, -0.2) is 14.2 Å². The first-order valence-electron chi connectivity index (χ1n) is 8.13. The van der Waals surface area contributed by atoms with Crippen LogP contribution >= 0.6 is 11.8 Å². The molecule has 0 spiro atoms. The van der Waals surface area contributed by atoms with Gasteiger partial charge in [-0.3, -0.25) is 0 Å². The minimum absolute atomic E-state index is 0.273. The molecule has 3 saturated carbocycles. The maximum Gasteiger partial charge on any atom is 0.354 e. The van der Waals surface area contributed by atoms with E-state index in [4.69, 9.17) is 5.84 Å². The first-order valence-corrected chi connectivity index (χ1v) is 9.35. The molecule has 3 aliphatic rings. The van der Waals surface area contributed by atoms with E-state index in [9.17, 15) is 9.59 Å². The highest BCUT2D eigenvalue weighted by Gasteiger charge is 2.53. The largest absolute Gasteiger partial charge is 0.354 e. The monoisotopic (exact) mass is 322 g/mol. The summed E-state index contributed by atoms with van der Waals surface area (Å²) < 4.78 is 2.24. The van der Waals surface area contributed by atoms with Gasteiger partial charge in [0.25, 0.3) is 0 Å². The maximum absolute atomic E-state index is 12.3. The summed E-state index contributed by atoms with van der Waals surface area (Å²) in [4.78, 5) is 28.4. The van der Waals surface area contributed by atoms with Gasteiger partial charge in [-0.1, -0.05) is 18.2 Å². The first kappa shape index (κ1) is 14.4. The Kier molecular flexibility index (Phi) is 3.36. The lowest BCUT2D eigenvalue weighted by molar-refractivity contribution is 0.169. The minimum atomic E-state index is -0.457. The number of aromatic nitrogens is 3. The molecule has 120 valence electrons. The Morgan fingerprint density at radius 2 is 2.00 bits per heavy atom. The minimum Gasteiger partial charge on any atom is -0.333 e. The van der Waals surface area contributed by atoms with Crippen molar-refractivity contribution in [3.05, 3.63) is 21.0 Å². The van der Waals surface area contributed by atoms with Crippen molar-refractivity contribution in [1.29, 1.82) is 0 Å². The van der Waals surface area contributed by atoms with E-state index in [2.05, 4.69) is 4.98 Å². The van der Waals surface area contributed by atoms with Crippen LogP contribution in [0.4, 0.5) is 0 Å². The van der Waals surface area contributed by atoms with E-state index in [1.165, 1.54) is 42.0 Å². The lowest BCUT2D eigenvalue weighted by atomic mass is 9.76. The van der Waals surface area contributed by atoms with Crippen LogP contribution < -0.4 is 17.2 Å². The quantitative estimate of drug-likeness (QED) is 0.661. The molecule has 7 heteroatoms. The molecule has 5 unspecified atom stereocenters. The summed E-state index contributed by atoms with van der Waals surface area (Å²) in [5.41, 5.74) is -0.892. The molecule has 0 amide bonds. The van der Waals surface area contributed by atoms with E-state index in [-0.39, 0.29) is 5.16 Å². The number of rotatable bonds is 3. The normalized spacial score (nSPS) is 36.0. The zero-order valence-electron chi connectivity index (χ0n) is 12.8. The van der Waals surface area contributed by atoms with Crippen LogP contribution in [0.2, 0.25) is 0 Å². The third-order valence-electron chi connectivity index (χ3n) is 6.23. The van der Waals surface area contributed by atoms with Crippen molar-refractivity contribution in [2.75, 3.05) is 12.1 Å². The molecule has 2 N–H and O–H groups in total. The van der Waals surface area contributed by atoms with Crippen LogP contribution in [-0.2, 0) is 6.54 Å². The van der Waals surface area contributed by atoms with Gasteiger partial charge in [0.15, 0.2) is 5.16 Å². The van der Waals surface area contributed by atoms with Gasteiger partial charge in [-0.2, -0.15) is 9.66 Å². The lowest BCUT2D eigenvalue weighted by Gasteiger charge is -2.31. The number of hydrogen-bond donors (Lipinski definition) is 1. The molecular formula is C15H22N4O2S. The van der Waals surface area contributed by atoms with Crippen molar-refractivity contribution in [1.82, 2.24) is 14.2 Å². The molecule has 4 rings (SSSR count). The molecule has 0 radical (unpaired) electrons. The SMILES string of the molecule is CSc1nc(=O)n(CC2CC3CC2C2CCCC32)c(=O)n1N. The smallest absolute Gasteiger partial charge is 0.333 e.